The normalized spacial score (nSPS) is 61.3. The Morgan fingerprint density at radius 3 is 2.56 bits per heavy atom. The van der Waals surface area contributed by atoms with Gasteiger partial charge in [-0.1, -0.05) is 19.3 Å². The summed E-state index contributed by atoms with van der Waals surface area (Å²) < 4.78 is 6.29. The summed E-state index contributed by atoms with van der Waals surface area (Å²) in [6, 6.07) is 0. The Bertz CT molecular complexity index is 365. The molecule has 0 aromatic carbocycles. The van der Waals surface area contributed by atoms with Crippen molar-refractivity contribution in [3.8, 4) is 0 Å². The first-order chi connectivity index (χ1) is 8.89. The smallest absolute Gasteiger partial charge is 0.101 e. The van der Waals surface area contributed by atoms with Crippen LogP contribution in [0.5, 0.6) is 0 Å². The lowest BCUT2D eigenvalue weighted by Crippen LogP contribution is -2.48. The van der Waals surface area contributed by atoms with Crippen LogP contribution in [-0.2, 0) is 4.74 Å². The van der Waals surface area contributed by atoms with Crippen LogP contribution in [0.15, 0.2) is 0 Å². The maximum Gasteiger partial charge on any atom is 0.101 e. The van der Waals surface area contributed by atoms with Crippen molar-refractivity contribution in [2.24, 2.45) is 29.6 Å². The van der Waals surface area contributed by atoms with E-state index in [0.29, 0.717) is 11.7 Å². The van der Waals surface area contributed by atoms with Crippen LogP contribution >= 0.6 is 0 Å². The topological polar surface area (TPSA) is 12.5 Å². The van der Waals surface area contributed by atoms with Crippen molar-refractivity contribution in [1.29, 1.82) is 0 Å². The zero-order valence-electron chi connectivity index (χ0n) is 11.4. The Morgan fingerprint density at radius 1 is 0.722 bits per heavy atom. The molecule has 100 valence electrons. The molecule has 0 aromatic rings. The highest BCUT2D eigenvalue weighted by atomic mass is 16.6. The van der Waals surface area contributed by atoms with Crippen LogP contribution in [-0.4, -0.2) is 11.7 Å². The molecule has 0 N–H and O–H groups in total. The minimum atomic E-state index is 0.436. The van der Waals surface area contributed by atoms with E-state index >= 15 is 0 Å². The molecule has 5 rings (SSSR count). The van der Waals surface area contributed by atoms with Gasteiger partial charge in [-0.15, -0.1) is 0 Å². The van der Waals surface area contributed by atoms with E-state index in [1.807, 2.05) is 0 Å². The summed E-state index contributed by atoms with van der Waals surface area (Å²) in [4.78, 5) is 0. The summed E-state index contributed by atoms with van der Waals surface area (Å²) >= 11 is 0. The summed E-state index contributed by atoms with van der Waals surface area (Å²) in [5.41, 5.74) is 0.436. The molecule has 1 heterocycles. The summed E-state index contributed by atoms with van der Waals surface area (Å²) in [5, 5.41) is 0. The molecule has 1 saturated heterocycles. The molecule has 7 atom stereocenters. The second-order valence-corrected chi connectivity index (χ2v) is 7.87. The predicted octanol–water partition coefficient (Wildman–Crippen LogP) is 4.16. The Morgan fingerprint density at radius 2 is 1.61 bits per heavy atom. The standard InChI is InChI=1S/C17H26O/c1-2-4-13-11(3-1)5-9-15-14(13)8-6-12-7-10-16-17(12,15)18-16/h11-16H,1-10H2. The molecule has 4 saturated carbocycles. The lowest BCUT2D eigenvalue weighted by molar-refractivity contribution is -0.0437. The number of hydrogen-bond donors (Lipinski definition) is 0. The van der Waals surface area contributed by atoms with Crippen LogP contribution in [0.3, 0.4) is 0 Å². The fourth-order valence-electron chi connectivity index (χ4n) is 6.87. The fourth-order valence-corrected chi connectivity index (χ4v) is 6.87. The first kappa shape index (κ1) is 10.7. The van der Waals surface area contributed by atoms with Gasteiger partial charge in [0.2, 0.25) is 0 Å². The molecule has 0 bridgehead atoms. The van der Waals surface area contributed by atoms with E-state index in [9.17, 15) is 0 Å². The maximum absolute atomic E-state index is 6.29. The van der Waals surface area contributed by atoms with E-state index in [0.717, 1.165) is 29.6 Å². The van der Waals surface area contributed by atoms with Crippen molar-refractivity contribution in [3.05, 3.63) is 0 Å². The minimum Gasteiger partial charge on any atom is -0.365 e. The molecule has 0 aromatic heterocycles. The molecule has 0 amide bonds. The van der Waals surface area contributed by atoms with E-state index in [-0.39, 0.29) is 0 Å². The summed E-state index contributed by atoms with van der Waals surface area (Å²) in [7, 11) is 0. The second kappa shape index (κ2) is 3.53. The van der Waals surface area contributed by atoms with Gasteiger partial charge >= 0.3 is 0 Å². The molecule has 1 heteroatoms. The number of rotatable bonds is 0. The Labute approximate surface area is 111 Å². The summed E-state index contributed by atoms with van der Waals surface area (Å²) in [6.45, 7) is 0. The quantitative estimate of drug-likeness (QED) is 0.585. The van der Waals surface area contributed by atoms with E-state index < -0.39 is 0 Å². The van der Waals surface area contributed by atoms with Gasteiger partial charge in [0.1, 0.15) is 5.60 Å². The van der Waals surface area contributed by atoms with Gasteiger partial charge < -0.3 is 4.74 Å². The number of ether oxygens (including phenoxy) is 1. The molecule has 5 fully saturated rings. The Hall–Kier alpha value is -0.0400. The average Bonchev–Trinajstić information content (AvgIpc) is 3.03. The predicted molar refractivity (Wildman–Crippen MR) is 71.2 cm³/mol. The van der Waals surface area contributed by atoms with Crippen LogP contribution in [0.4, 0.5) is 0 Å². The first-order valence-corrected chi connectivity index (χ1v) is 8.57. The first-order valence-electron chi connectivity index (χ1n) is 8.57. The van der Waals surface area contributed by atoms with Crippen LogP contribution in [0, 0.1) is 29.6 Å². The third kappa shape index (κ3) is 1.18. The summed E-state index contributed by atoms with van der Waals surface area (Å²) in [6.07, 6.45) is 15.8. The Kier molecular flexibility index (Phi) is 2.10. The van der Waals surface area contributed by atoms with Gasteiger partial charge in [0.05, 0.1) is 6.10 Å². The molecular weight excluding hydrogens is 220 g/mol. The van der Waals surface area contributed by atoms with Crippen molar-refractivity contribution in [1.82, 2.24) is 0 Å². The van der Waals surface area contributed by atoms with E-state index in [2.05, 4.69) is 0 Å². The molecule has 1 aliphatic heterocycles. The van der Waals surface area contributed by atoms with Crippen molar-refractivity contribution in [3.63, 3.8) is 0 Å². The number of hydrogen-bond acceptors (Lipinski definition) is 1. The van der Waals surface area contributed by atoms with Crippen molar-refractivity contribution in [2.75, 3.05) is 0 Å². The molecule has 18 heavy (non-hydrogen) atoms. The zero-order chi connectivity index (χ0) is 11.7. The largest absolute Gasteiger partial charge is 0.365 e. The summed E-state index contributed by atoms with van der Waals surface area (Å²) in [5.74, 6) is 5.19. The third-order valence-corrected chi connectivity index (χ3v) is 7.52. The van der Waals surface area contributed by atoms with Crippen molar-refractivity contribution >= 4 is 0 Å². The second-order valence-electron chi connectivity index (χ2n) is 7.87. The third-order valence-electron chi connectivity index (χ3n) is 7.52. The van der Waals surface area contributed by atoms with E-state index in [1.165, 1.54) is 44.9 Å². The van der Waals surface area contributed by atoms with Gasteiger partial charge in [0.25, 0.3) is 0 Å². The SMILES string of the molecule is C1CCC2C(C1)CCC1C2CCC2CCC3OC231. The molecule has 1 nitrogen and oxygen atoms in total. The molecule has 4 aliphatic carbocycles. The fraction of sp³-hybridized carbons (Fsp3) is 1.00. The average molecular weight is 246 g/mol. The highest BCUT2D eigenvalue weighted by Crippen LogP contribution is 2.68. The van der Waals surface area contributed by atoms with Gasteiger partial charge in [0.15, 0.2) is 0 Å². The highest BCUT2D eigenvalue weighted by Gasteiger charge is 2.71. The van der Waals surface area contributed by atoms with Gasteiger partial charge in [-0.3, -0.25) is 0 Å². The van der Waals surface area contributed by atoms with E-state index in [4.69, 9.17) is 4.74 Å². The van der Waals surface area contributed by atoms with Crippen molar-refractivity contribution < 1.29 is 4.74 Å². The van der Waals surface area contributed by atoms with Crippen LogP contribution in [0.1, 0.15) is 64.2 Å². The van der Waals surface area contributed by atoms with Crippen LogP contribution in [0.2, 0.25) is 0 Å². The molecule has 7 unspecified atom stereocenters. The maximum atomic E-state index is 6.29. The zero-order valence-corrected chi connectivity index (χ0v) is 11.4. The monoisotopic (exact) mass is 246 g/mol. The minimum absolute atomic E-state index is 0.436. The molecule has 1 spiro atoms. The van der Waals surface area contributed by atoms with E-state index in [1.54, 1.807) is 19.3 Å². The Balaban J connectivity index is 1.47. The lowest BCUT2D eigenvalue weighted by atomic mass is 9.53. The molecule has 5 aliphatic rings. The molecule has 0 radical (unpaired) electrons. The van der Waals surface area contributed by atoms with Crippen molar-refractivity contribution in [2.45, 2.75) is 75.9 Å². The highest BCUT2D eigenvalue weighted by molar-refractivity contribution is 5.19. The van der Waals surface area contributed by atoms with Crippen LogP contribution in [0.25, 0.3) is 0 Å². The molecular formula is C17H26O. The van der Waals surface area contributed by atoms with Gasteiger partial charge in [-0.2, -0.15) is 0 Å². The lowest BCUT2D eigenvalue weighted by Gasteiger charge is -2.51. The van der Waals surface area contributed by atoms with Gasteiger partial charge in [0, 0.05) is 0 Å². The van der Waals surface area contributed by atoms with Crippen LogP contribution < -0.4 is 0 Å². The number of epoxide rings is 1. The number of fused-ring (bicyclic) bond motifs is 3. The van der Waals surface area contributed by atoms with Gasteiger partial charge in [-0.25, -0.2) is 0 Å². The van der Waals surface area contributed by atoms with Gasteiger partial charge in [-0.05, 0) is 74.5 Å².